The smallest absolute Gasteiger partial charge is 0.321 e. The van der Waals surface area contributed by atoms with Crippen molar-refractivity contribution in [3.63, 3.8) is 0 Å². The van der Waals surface area contributed by atoms with Gasteiger partial charge in [-0.1, -0.05) is 11.2 Å². The average molecular weight is 292 g/mol. The zero-order valence-electron chi connectivity index (χ0n) is 12.4. The SMILES string of the molecule is CCOC(=O)C(C)(C)c1nc(-c2cc(F)ccc2C)no1. The fraction of sp³-hybridized carbons (Fsp3) is 0.400. The maximum atomic E-state index is 13.3. The van der Waals surface area contributed by atoms with Gasteiger partial charge in [-0.05, 0) is 45.4 Å². The van der Waals surface area contributed by atoms with Crippen molar-refractivity contribution in [1.82, 2.24) is 10.1 Å². The van der Waals surface area contributed by atoms with Crippen LogP contribution in [-0.2, 0) is 14.9 Å². The van der Waals surface area contributed by atoms with Crippen LogP contribution in [-0.4, -0.2) is 22.7 Å². The number of aromatic nitrogens is 2. The Hall–Kier alpha value is -2.24. The lowest BCUT2D eigenvalue weighted by Gasteiger charge is -2.17. The maximum Gasteiger partial charge on any atom is 0.321 e. The summed E-state index contributed by atoms with van der Waals surface area (Å²) >= 11 is 0. The van der Waals surface area contributed by atoms with E-state index in [1.54, 1.807) is 26.8 Å². The molecular formula is C15H17FN2O3. The maximum absolute atomic E-state index is 13.3. The fourth-order valence-corrected chi connectivity index (χ4v) is 1.82. The van der Waals surface area contributed by atoms with Gasteiger partial charge in [0.15, 0.2) is 0 Å². The molecule has 6 heteroatoms. The molecule has 2 rings (SSSR count). The first-order chi connectivity index (χ1) is 9.86. The molecule has 1 aromatic heterocycles. The van der Waals surface area contributed by atoms with E-state index >= 15 is 0 Å². The predicted octanol–water partition coefficient (Wildman–Crippen LogP) is 3.02. The molecule has 0 atom stereocenters. The van der Waals surface area contributed by atoms with Gasteiger partial charge in [0.05, 0.1) is 6.61 Å². The third-order valence-electron chi connectivity index (χ3n) is 3.19. The van der Waals surface area contributed by atoms with Crippen molar-refractivity contribution in [1.29, 1.82) is 0 Å². The van der Waals surface area contributed by atoms with Gasteiger partial charge in [0.2, 0.25) is 11.7 Å². The van der Waals surface area contributed by atoms with Crippen LogP contribution in [0.3, 0.4) is 0 Å². The molecule has 0 N–H and O–H groups in total. The molecule has 21 heavy (non-hydrogen) atoms. The molecule has 0 aliphatic carbocycles. The summed E-state index contributed by atoms with van der Waals surface area (Å²) in [6.45, 7) is 7.10. The summed E-state index contributed by atoms with van der Waals surface area (Å²) in [5, 5.41) is 3.84. The molecule has 0 bridgehead atoms. The van der Waals surface area contributed by atoms with Gasteiger partial charge in [0.25, 0.3) is 0 Å². The molecule has 1 aromatic carbocycles. The lowest BCUT2D eigenvalue weighted by Crippen LogP contribution is -2.31. The predicted molar refractivity (Wildman–Crippen MR) is 74.1 cm³/mol. The number of esters is 1. The summed E-state index contributed by atoms with van der Waals surface area (Å²) in [6, 6.07) is 4.33. The van der Waals surface area contributed by atoms with E-state index in [4.69, 9.17) is 9.26 Å². The Labute approximate surface area is 122 Å². The lowest BCUT2D eigenvalue weighted by molar-refractivity contribution is -0.149. The third-order valence-corrected chi connectivity index (χ3v) is 3.19. The summed E-state index contributed by atoms with van der Waals surface area (Å²) in [4.78, 5) is 16.1. The van der Waals surface area contributed by atoms with Gasteiger partial charge in [-0.3, -0.25) is 4.79 Å². The zero-order valence-corrected chi connectivity index (χ0v) is 12.4. The number of rotatable bonds is 4. The van der Waals surface area contributed by atoms with E-state index < -0.39 is 11.4 Å². The molecule has 0 aliphatic rings. The Morgan fingerprint density at radius 2 is 2.14 bits per heavy atom. The number of nitrogens with zero attached hydrogens (tertiary/aromatic N) is 2. The number of ether oxygens (including phenoxy) is 1. The first-order valence-electron chi connectivity index (χ1n) is 6.64. The van der Waals surface area contributed by atoms with E-state index in [1.165, 1.54) is 12.1 Å². The molecule has 0 radical (unpaired) electrons. The van der Waals surface area contributed by atoms with Crippen LogP contribution in [0.15, 0.2) is 22.7 Å². The number of halogens is 1. The van der Waals surface area contributed by atoms with E-state index in [0.29, 0.717) is 5.56 Å². The summed E-state index contributed by atoms with van der Waals surface area (Å²) in [5.41, 5.74) is 0.296. The quantitative estimate of drug-likeness (QED) is 0.810. The second kappa shape index (κ2) is 5.63. The van der Waals surface area contributed by atoms with Crippen LogP contribution in [0.5, 0.6) is 0 Å². The average Bonchev–Trinajstić information content (AvgIpc) is 2.92. The molecule has 5 nitrogen and oxygen atoms in total. The molecule has 0 fully saturated rings. The first kappa shape index (κ1) is 15.2. The van der Waals surface area contributed by atoms with Gasteiger partial charge in [0.1, 0.15) is 11.2 Å². The van der Waals surface area contributed by atoms with Crippen LogP contribution in [0.1, 0.15) is 32.2 Å². The zero-order chi connectivity index (χ0) is 15.6. The van der Waals surface area contributed by atoms with Crippen LogP contribution in [0.2, 0.25) is 0 Å². The molecule has 112 valence electrons. The fourth-order valence-electron chi connectivity index (χ4n) is 1.82. The monoisotopic (exact) mass is 292 g/mol. The highest BCUT2D eigenvalue weighted by Gasteiger charge is 2.37. The van der Waals surface area contributed by atoms with Crippen LogP contribution in [0, 0.1) is 12.7 Å². The Balaban J connectivity index is 2.38. The van der Waals surface area contributed by atoms with Gasteiger partial charge < -0.3 is 9.26 Å². The van der Waals surface area contributed by atoms with Gasteiger partial charge in [-0.2, -0.15) is 4.98 Å². The number of carbonyl (C=O) groups excluding carboxylic acids is 1. The third kappa shape index (κ3) is 2.94. The number of benzene rings is 1. The van der Waals surface area contributed by atoms with Crippen LogP contribution < -0.4 is 0 Å². The summed E-state index contributed by atoms with van der Waals surface area (Å²) in [5.74, 6) is -0.443. The van der Waals surface area contributed by atoms with Gasteiger partial charge in [-0.15, -0.1) is 0 Å². The highest BCUT2D eigenvalue weighted by atomic mass is 19.1. The second-order valence-electron chi connectivity index (χ2n) is 5.23. The molecule has 1 heterocycles. The minimum atomic E-state index is -1.05. The summed E-state index contributed by atoms with van der Waals surface area (Å²) in [7, 11) is 0. The highest BCUT2D eigenvalue weighted by Crippen LogP contribution is 2.27. The minimum absolute atomic E-state index is 0.139. The van der Waals surface area contributed by atoms with Gasteiger partial charge in [0, 0.05) is 5.56 Å². The van der Waals surface area contributed by atoms with E-state index in [-0.39, 0.29) is 24.1 Å². The Bertz CT molecular complexity index is 665. The molecule has 0 saturated carbocycles. The molecule has 0 unspecified atom stereocenters. The van der Waals surface area contributed by atoms with Crippen molar-refractivity contribution < 1.29 is 18.4 Å². The summed E-state index contributed by atoms with van der Waals surface area (Å²) in [6.07, 6.45) is 0. The van der Waals surface area contributed by atoms with Gasteiger partial charge >= 0.3 is 5.97 Å². The number of aryl methyl sites for hydroxylation is 1. The molecular weight excluding hydrogens is 275 g/mol. The van der Waals surface area contributed by atoms with E-state index in [0.717, 1.165) is 5.56 Å². The molecule has 0 spiro atoms. The summed E-state index contributed by atoms with van der Waals surface area (Å²) < 4.78 is 23.5. The van der Waals surface area contributed by atoms with Crippen LogP contribution >= 0.6 is 0 Å². The van der Waals surface area contributed by atoms with E-state index in [1.807, 2.05) is 6.92 Å². The molecule has 0 amide bonds. The Morgan fingerprint density at radius 1 is 1.43 bits per heavy atom. The Morgan fingerprint density at radius 3 is 2.81 bits per heavy atom. The number of hydrogen-bond donors (Lipinski definition) is 0. The van der Waals surface area contributed by atoms with Crippen LogP contribution in [0.25, 0.3) is 11.4 Å². The van der Waals surface area contributed by atoms with Crippen molar-refractivity contribution in [2.45, 2.75) is 33.1 Å². The largest absolute Gasteiger partial charge is 0.465 e. The number of hydrogen-bond acceptors (Lipinski definition) is 5. The number of carbonyl (C=O) groups is 1. The minimum Gasteiger partial charge on any atom is -0.465 e. The van der Waals surface area contributed by atoms with Crippen molar-refractivity contribution in [3.8, 4) is 11.4 Å². The van der Waals surface area contributed by atoms with Crippen molar-refractivity contribution >= 4 is 5.97 Å². The lowest BCUT2D eigenvalue weighted by atomic mass is 9.93. The van der Waals surface area contributed by atoms with Gasteiger partial charge in [-0.25, -0.2) is 4.39 Å². The topological polar surface area (TPSA) is 65.2 Å². The van der Waals surface area contributed by atoms with E-state index in [9.17, 15) is 9.18 Å². The second-order valence-corrected chi connectivity index (χ2v) is 5.23. The molecule has 0 saturated heterocycles. The normalized spacial score (nSPS) is 11.5. The molecule has 2 aromatic rings. The Kier molecular flexibility index (Phi) is 4.06. The van der Waals surface area contributed by atoms with Crippen LogP contribution in [0.4, 0.5) is 4.39 Å². The van der Waals surface area contributed by atoms with Crippen molar-refractivity contribution in [2.75, 3.05) is 6.61 Å². The highest BCUT2D eigenvalue weighted by molar-refractivity contribution is 5.80. The first-order valence-corrected chi connectivity index (χ1v) is 6.64. The molecule has 0 aliphatic heterocycles. The van der Waals surface area contributed by atoms with E-state index in [2.05, 4.69) is 10.1 Å². The van der Waals surface area contributed by atoms with Crippen molar-refractivity contribution in [2.24, 2.45) is 0 Å². The standard InChI is InChI=1S/C15H17FN2O3/c1-5-20-14(19)15(3,4)13-17-12(18-21-13)11-8-10(16)7-6-9(11)2/h6-8H,5H2,1-4H3. The van der Waals surface area contributed by atoms with Crippen molar-refractivity contribution in [3.05, 3.63) is 35.5 Å².